The average Bonchev–Trinajstić information content (AvgIpc) is 2.92. The second kappa shape index (κ2) is 18.6. The van der Waals surface area contributed by atoms with Gasteiger partial charge in [0.1, 0.15) is 16.9 Å². The first kappa shape index (κ1) is 39.2. The molecule has 0 spiro atoms. The summed E-state index contributed by atoms with van der Waals surface area (Å²) in [5.74, 6) is 0.543. The van der Waals surface area contributed by atoms with Crippen molar-refractivity contribution >= 4 is 11.0 Å². The van der Waals surface area contributed by atoms with Gasteiger partial charge in [0.05, 0.1) is 28.7 Å². The Kier molecular flexibility index (Phi) is 17.0. The minimum Gasteiger partial charge on any atom is -0.412 e. The second-order valence-electron chi connectivity index (χ2n) is 7.08. The minimum absolute atomic E-state index is 0. The molecule has 5 aromatic heterocycles. The van der Waals surface area contributed by atoms with E-state index in [-0.39, 0.29) is 22.3 Å². The molecule has 5 heterocycles. The van der Waals surface area contributed by atoms with Gasteiger partial charge in [-0.05, 0) is 48.5 Å². The fourth-order valence-electron chi connectivity index (χ4n) is 2.98. The molecule has 0 bridgehead atoms. The van der Waals surface area contributed by atoms with Crippen molar-refractivity contribution in [3.8, 4) is 40.4 Å². The summed E-state index contributed by atoms with van der Waals surface area (Å²) in [4.78, 5) is 27.4. The SMILES string of the molecule is CC#N.O.[Co+2].[O-][Cl+3]([O-])([O-])[O-].[O-][Cl+3]([O-])([O-])[O-].c1ccc(-c2cccc(-c3nc(-c4ccccn4)nc4cccnc34)n2)nc1. The molecule has 0 fully saturated rings. The summed E-state index contributed by atoms with van der Waals surface area (Å²) in [5, 5.41) is 7.32. The fraction of sp³-hybridized carbons (Fsp3) is 0.0417. The van der Waals surface area contributed by atoms with Crippen LogP contribution in [0.15, 0.2) is 85.3 Å². The molecular weight excluding hydrogens is 660 g/mol. The Hall–Kier alpha value is -3.84. The maximum Gasteiger partial charge on any atom is 2.00 e. The zero-order valence-corrected chi connectivity index (χ0v) is 24.1. The number of aromatic nitrogens is 6. The van der Waals surface area contributed by atoms with Crippen molar-refractivity contribution in [3.05, 3.63) is 85.3 Å². The van der Waals surface area contributed by atoms with E-state index in [0.29, 0.717) is 28.4 Å². The van der Waals surface area contributed by atoms with E-state index in [1.54, 1.807) is 24.7 Å². The molecule has 43 heavy (non-hydrogen) atoms. The van der Waals surface area contributed by atoms with Gasteiger partial charge in [0.25, 0.3) is 0 Å². The molecule has 0 aliphatic carbocycles. The van der Waals surface area contributed by atoms with Crippen molar-refractivity contribution in [2.24, 2.45) is 0 Å². The summed E-state index contributed by atoms with van der Waals surface area (Å²) >= 11 is 0. The maximum atomic E-state index is 8.49. The first-order valence-corrected chi connectivity index (χ1v) is 13.2. The van der Waals surface area contributed by atoms with Gasteiger partial charge in [-0.3, -0.25) is 15.0 Å². The Morgan fingerprint density at radius 3 is 1.56 bits per heavy atom. The van der Waals surface area contributed by atoms with Gasteiger partial charge in [0.2, 0.25) is 0 Å². The van der Waals surface area contributed by atoms with Crippen LogP contribution >= 0.6 is 0 Å². The molecule has 5 rings (SSSR count). The molecule has 0 saturated heterocycles. The number of hydrogen-bond donors (Lipinski definition) is 0. The zero-order chi connectivity index (χ0) is 30.5. The molecule has 19 heteroatoms. The van der Waals surface area contributed by atoms with E-state index in [9.17, 15) is 0 Å². The average molecular weight is 679 g/mol. The Bertz CT molecular complexity index is 1550. The molecular formula is C24H19Cl2CoN7O9. The molecule has 0 aliphatic rings. The van der Waals surface area contributed by atoms with Crippen LogP contribution in [0.5, 0.6) is 0 Å². The summed E-state index contributed by atoms with van der Waals surface area (Å²) in [6, 6.07) is 22.8. The van der Waals surface area contributed by atoms with E-state index < -0.39 is 20.5 Å². The van der Waals surface area contributed by atoms with Crippen molar-refractivity contribution in [1.29, 1.82) is 5.26 Å². The van der Waals surface area contributed by atoms with E-state index in [0.717, 1.165) is 16.9 Å². The number of halogens is 2. The molecule has 0 atom stereocenters. The maximum absolute atomic E-state index is 8.49. The summed E-state index contributed by atoms with van der Waals surface area (Å²) in [7, 11) is -9.89. The van der Waals surface area contributed by atoms with Gasteiger partial charge >= 0.3 is 16.8 Å². The third-order valence-corrected chi connectivity index (χ3v) is 4.27. The standard InChI is InChI=1S/C22H14N6.C2H3N.2ClHO4.Co.H2O/c1-3-12-23-15(7-1)16-9-5-10-18(26-16)21-20-17(11-6-14-25-20)27-22(28-21)19-8-2-4-13-24-19;1-2-3;2*2-1(3,4)5;;/h1-14H;1H3;2*(H,2,3,4,5);;1H2/q;;;;+2;/p-2. The molecule has 0 unspecified atom stereocenters. The molecule has 0 aromatic carbocycles. The van der Waals surface area contributed by atoms with E-state index in [1.165, 1.54) is 6.92 Å². The van der Waals surface area contributed by atoms with Gasteiger partial charge in [-0.2, -0.15) is 5.26 Å². The zero-order valence-electron chi connectivity index (χ0n) is 21.6. The normalized spacial score (nSPS) is 10.0. The smallest absolute Gasteiger partial charge is 0.412 e. The van der Waals surface area contributed by atoms with Crippen LogP contribution in [0.1, 0.15) is 6.92 Å². The Morgan fingerprint density at radius 2 is 1.05 bits per heavy atom. The van der Waals surface area contributed by atoms with Crippen LogP contribution in [0.2, 0.25) is 0 Å². The topological polar surface area (TPSA) is 317 Å². The van der Waals surface area contributed by atoms with Crippen molar-refractivity contribution in [1.82, 2.24) is 29.9 Å². The molecule has 1 radical (unpaired) electrons. The Balaban J connectivity index is 0.00000101. The molecule has 0 aliphatic heterocycles. The number of hydrogen-bond acceptors (Lipinski definition) is 15. The van der Waals surface area contributed by atoms with Crippen LogP contribution < -0.4 is 37.3 Å². The largest absolute Gasteiger partial charge is 2.00 e. The minimum atomic E-state index is -4.94. The van der Waals surface area contributed by atoms with Crippen LogP contribution in [0.4, 0.5) is 0 Å². The fourth-order valence-corrected chi connectivity index (χ4v) is 2.98. The van der Waals surface area contributed by atoms with Crippen LogP contribution in [0, 0.1) is 31.8 Å². The van der Waals surface area contributed by atoms with Gasteiger partial charge in [-0.25, -0.2) is 52.2 Å². The first-order chi connectivity index (χ1) is 19.3. The van der Waals surface area contributed by atoms with Gasteiger partial charge < -0.3 is 5.48 Å². The van der Waals surface area contributed by atoms with Crippen molar-refractivity contribution in [2.75, 3.05) is 0 Å². The summed E-state index contributed by atoms with van der Waals surface area (Å²) in [5.41, 5.74) is 5.12. The van der Waals surface area contributed by atoms with Crippen molar-refractivity contribution in [2.45, 2.75) is 6.92 Å². The van der Waals surface area contributed by atoms with Gasteiger partial charge in [0, 0.05) is 25.5 Å². The Morgan fingerprint density at radius 1 is 0.581 bits per heavy atom. The Labute approximate surface area is 258 Å². The van der Waals surface area contributed by atoms with Crippen LogP contribution in [0.3, 0.4) is 0 Å². The number of nitrogens with zero attached hydrogens (tertiary/aromatic N) is 7. The monoisotopic (exact) mass is 678 g/mol. The van der Waals surface area contributed by atoms with Crippen LogP contribution in [0.25, 0.3) is 45.3 Å². The van der Waals surface area contributed by atoms with Gasteiger partial charge in [0.15, 0.2) is 5.82 Å². The second-order valence-corrected chi connectivity index (χ2v) is 8.60. The van der Waals surface area contributed by atoms with Crippen LogP contribution in [-0.2, 0) is 16.8 Å². The summed E-state index contributed by atoms with van der Waals surface area (Å²) in [6.45, 7) is 1.43. The molecule has 16 nitrogen and oxygen atoms in total. The van der Waals surface area contributed by atoms with Crippen LogP contribution in [-0.4, -0.2) is 35.4 Å². The predicted octanol–water partition coefficient (Wildman–Crippen LogP) is -5.60. The molecule has 0 saturated carbocycles. The van der Waals surface area contributed by atoms with E-state index in [4.69, 9.17) is 52.5 Å². The number of nitriles is 1. The number of fused-ring (bicyclic) bond motifs is 1. The van der Waals surface area contributed by atoms with E-state index >= 15 is 0 Å². The number of pyridine rings is 4. The summed E-state index contributed by atoms with van der Waals surface area (Å²) in [6.07, 6.45) is 5.22. The first-order valence-electron chi connectivity index (χ1n) is 10.8. The third-order valence-electron chi connectivity index (χ3n) is 4.27. The summed E-state index contributed by atoms with van der Waals surface area (Å²) < 4.78 is 67.9. The predicted molar refractivity (Wildman–Crippen MR) is 122 cm³/mol. The van der Waals surface area contributed by atoms with Crippen molar-refractivity contribution in [3.63, 3.8) is 0 Å². The quantitative estimate of drug-likeness (QED) is 0.172. The molecule has 0 amide bonds. The van der Waals surface area contributed by atoms with E-state index in [2.05, 4.69) is 19.9 Å². The molecule has 227 valence electrons. The third kappa shape index (κ3) is 15.3. The molecule has 5 aromatic rings. The van der Waals surface area contributed by atoms with Crippen molar-refractivity contribution < 1.29 is 80.0 Å². The number of rotatable bonds is 3. The van der Waals surface area contributed by atoms with Gasteiger partial charge in [-0.1, -0.05) is 18.2 Å². The molecule has 2 N–H and O–H groups in total. The van der Waals surface area contributed by atoms with E-state index in [1.807, 2.05) is 66.7 Å². The van der Waals surface area contributed by atoms with Gasteiger partial charge in [-0.15, -0.1) is 20.5 Å².